The predicted octanol–water partition coefficient (Wildman–Crippen LogP) is 0.432. The molecule has 17 heavy (non-hydrogen) atoms. The second-order valence-electron chi connectivity index (χ2n) is 3.69. The average molecular weight is 349 g/mol. The molecule has 0 amide bonds. The molecule has 0 radical (unpaired) electrons. The third kappa shape index (κ3) is 2.35. The van der Waals surface area contributed by atoms with E-state index < -0.39 is 0 Å². The number of aromatic nitrogens is 2. The fourth-order valence-electron chi connectivity index (χ4n) is 1.66. The summed E-state index contributed by atoms with van der Waals surface area (Å²) in [6.07, 6.45) is 0. The van der Waals surface area contributed by atoms with Crippen LogP contribution in [-0.4, -0.2) is 28.4 Å². The van der Waals surface area contributed by atoms with Gasteiger partial charge in [0, 0.05) is 13.1 Å². The van der Waals surface area contributed by atoms with Crippen molar-refractivity contribution < 1.29 is 4.79 Å². The Morgan fingerprint density at radius 1 is 1.65 bits per heavy atom. The number of hydrogen-bond acceptors (Lipinski definition) is 6. The van der Waals surface area contributed by atoms with E-state index in [-0.39, 0.29) is 17.9 Å². The van der Waals surface area contributed by atoms with Crippen LogP contribution in [0.3, 0.4) is 0 Å². The fraction of sp³-hybridized carbons (Fsp3) is 0.444. The van der Waals surface area contributed by atoms with Crippen LogP contribution in [-0.2, 0) is 11.3 Å². The highest BCUT2D eigenvalue weighted by atomic mass is 127. The van der Waals surface area contributed by atoms with Crippen LogP contribution < -0.4 is 19.7 Å². The van der Waals surface area contributed by atoms with Gasteiger partial charge in [-0.25, -0.2) is 0 Å². The van der Waals surface area contributed by atoms with Crippen molar-refractivity contribution in [1.82, 2.24) is 9.55 Å². The highest BCUT2D eigenvalue weighted by molar-refractivity contribution is 14.1. The maximum atomic E-state index is 11.8. The molecule has 1 aromatic heterocycles. The second-order valence-corrected chi connectivity index (χ2v) is 4.23. The topological polar surface area (TPSA) is 88.1 Å². The number of nitrogens with one attached hydrogen (secondary N) is 3. The van der Waals surface area contributed by atoms with Crippen LogP contribution in [0.1, 0.15) is 6.92 Å². The molecule has 92 valence electrons. The van der Waals surface area contributed by atoms with Crippen molar-refractivity contribution >= 4 is 46.1 Å². The third-order valence-electron chi connectivity index (χ3n) is 2.41. The van der Waals surface area contributed by atoms with Gasteiger partial charge in [-0.1, -0.05) is 0 Å². The minimum absolute atomic E-state index is 0.0348. The van der Waals surface area contributed by atoms with Gasteiger partial charge in [0.25, 0.3) is 5.56 Å². The highest BCUT2D eigenvalue weighted by Crippen LogP contribution is 2.24. The number of ketones is 1. The number of nitrogens with zero attached hydrogens (tertiary/aromatic N) is 2. The lowest BCUT2D eigenvalue weighted by molar-refractivity contribution is -0.115. The molecule has 8 heteroatoms. The van der Waals surface area contributed by atoms with Gasteiger partial charge in [-0.05, 0) is 6.92 Å². The Kier molecular flexibility index (Phi) is 3.50. The molecule has 0 atom stereocenters. The van der Waals surface area contributed by atoms with Gasteiger partial charge in [0.15, 0.2) is 0 Å². The summed E-state index contributed by atoms with van der Waals surface area (Å²) < 4.78 is 4.81. The average Bonchev–Trinajstić information content (AvgIpc) is 2.72. The molecule has 1 aliphatic rings. The highest BCUT2D eigenvalue weighted by Gasteiger charge is 2.19. The van der Waals surface area contributed by atoms with Gasteiger partial charge in [0.05, 0.1) is 29.4 Å². The van der Waals surface area contributed by atoms with Crippen LogP contribution in [0.15, 0.2) is 4.79 Å². The molecular weight excluding hydrogens is 337 g/mol. The molecule has 0 aliphatic carbocycles. The molecule has 7 nitrogen and oxygen atoms in total. The molecule has 0 aromatic carbocycles. The van der Waals surface area contributed by atoms with Crippen LogP contribution in [0.2, 0.25) is 0 Å². The van der Waals surface area contributed by atoms with Crippen LogP contribution in [0.5, 0.6) is 0 Å². The summed E-state index contributed by atoms with van der Waals surface area (Å²) in [7, 11) is 0. The smallest absolute Gasteiger partial charge is 0.300 e. The van der Waals surface area contributed by atoms with Crippen LogP contribution in [0.4, 0.5) is 17.5 Å². The Hall–Kier alpha value is -1.32. The maximum absolute atomic E-state index is 11.8. The zero-order valence-electron chi connectivity index (χ0n) is 9.21. The number of carbonyl (C=O) groups is 1. The lowest BCUT2D eigenvalue weighted by Crippen LogP contribution is -2.22. The lowest BCUT2D eigenvalue weighted by atomic mass is 10.4. The van der Waals surface area contributed by atoms with E-state index in [2.05, 4.69) is 19.1 Å². The molecular formula is C9H12IN5O2. The molecule has 0 unspecified atom stereocenters. The first-order valence-electron chi connectivity index (χ1n) is 5.12. The van der Waals surface area contributed by atoms with E-state index in [1.165, 1.54) is 6.92 Å². The summed E-state index contributed by atoms with van der Waals surface area (Å²) >= 11 is 1.96. The molecule has 0 fully saturated rings. The first-order chi connectivity index (χ1) is 8.13. The molecule has 3 N–H and O–H groups in total. The quantitative estimate of drug-likeness (QED) is 0.540. The zero-order chi connectivity index (χ0) is 12.4. The normalized spacial score (nSPS) is 12.8. The third-order valence-corrected chi connectivity index (χ3v) is 2.92. The molecule has 2 rings (SSSR count). The van der Waals surface area contributed by atoms with E-state index in [4.69, 9.17) is 0 Å². The molecule has 0 saturated carbocycles. The molecule has 0 saturated heterocycles. The van der Waals surface area contributed by atoms with E-state index in [1.54, 1.807) is 0 Å². The Labute approximate surface area is 111 Å². The van der Waals surface area contributed by atoms with E-state index in [0.29, 0.717) is 17.5 Å². The van der Waals surface area contributed by atoms with Gasteiger partial charge in [0.2, 0.25) is 5.95 Å². The van der Waals surface area contributed by atoms with Crippen molar-refractivity contribution in [2.45, 2.75) is 13.5 Å². The number of carbonyl (C=O) groups excluding carboxylic acids is 1. The molecule has 0 spiro atoms. The van der Waals surface area contributed by atoms with Crippen molar-refractivity contribution in [2.75, 3.05) is 27.3 Å². The predicted molar refractivity (Wildman–Crippen MR) is 73.8 cm³/mol. The molecule has 1 aliphatic heterocycles. The summed E-state index contributed by atoms with van der Waals surface area (Å²) in [6.45, 7) is 3.07. The number of hydrogen-bond donors (Lipinski definition) is 3. The summed E-state index contributed by atoms with van der Waals surface area (Å²) in [5, 5.41) is 5.84. The molecule has 1 aromatic rings. The van der Waals surface area contributed by atoms with E-state index >= 15 is 0 Å². The summed E-state index contributed by atoms with van der Waals surface area (Å²) in [5.74, 6) is 1.17. The first kappa shape index (κ1) is 12.1. The van der Waals surface area contributed by atoms with Crippen molar-refractivity contribution in [3.63, 3.8) is 0 Å². The number of Topliss-reactive ketones (excluding diaryl/α,β-unsaturated/α-hetero) is 1. The minimum atomic E-state index is -0.369. The number of anilines is 3. The summed E-state index contributed by atoms with van der Waals surface area (Å²) in [5.41, 5.74) is -0.0342. The van der Waals surface area contributed by atoms with Gasteiger partial charge in [-0.2, -0.15) is 4.98 Å². The lowest BCUT2D eigenvalue weighted by Gasteiger charge is -2.13. The van der Waals surface area contributed by atoms with Gasteiger partial charge in [-0.15, -0.1) is 0 Å². The maximum Gasteiger partial charge on any atom is 0.300 e. The monoisotopic (exact) mass is 349 g/mol. The largest absolute Gasteiger partial charge is 0.370 e. The van der Waals surface area contributed by atoms with Crippen molar-refractivity contribution in [3.8, 4) is 0 Å². The van der Waals surface area contributed by atoms with Crippen LogP contribution >= 0.6 is 22.9 Å². The van der Waals surface area contributed by atoms with Crippen molar-refractivity contribution in [3.05, 3.63) is 10.4 Å². The Morgan fingerprint density at radius 2 is 2.41 bits per heavy atom. The Balaban J connectivity index is 2.43. The number of rotatable bonds is 4. The fourth-order valence-corrected chi connectivity index (χ4v) is 2.22. The van der Waals surface area contributed by atoms with Gasteiger partial charge < -0.3 is 14.2 Å². The second kappa shape index (κ2) is 4.90. The summed E-state index contributed by atoms with van der Waals surface area (Å²) in [4.78, 5) is 26.6. The first-order valence-corrected chi connectivity index (χ1v) is 6.20. The van der Waals surface area contributed by atoms with Crippen LogP contribution in [0, 0.1) is 0 Å². The Morgan fingerprint density at radius 3 is 3.06 bits per heavy atom. The van der Waals surface area contributed by atoms with E-state index in [0.717, 1.165) is 13.1 Å². The van der Waals surface area contributed by atoms with Crippen LogP contribution in [0.25, 0.3) is 0 Å². The molecule has 0 bridgehead atoms. The van der Waals surface area contributed by atoms with Crippen molar-refractivity contribution in [2.24, 2.45) is 0 Å². The van der Waals surface area contributed by atoms with Crippen molar-refractivity contribution in [1.29, 1.82) is 0 Å². The molecule has 2 heterocycles. The minimum Gasteiger partial charge on any atom is -0.370 e. The van der Waals surface area contributed by atoms with Gasteiger partial charge in [0.1, 0.15) is 17.3 Å². The van der Waals surface area contributed by atoms with E-state index in [9.17, 15) is 9.59 Å². The number of fused-ring (bicyclic) bond motifs is 1. The SMILES string of the molecule is CC(=O)CNc1c(NI)n2c(nc1=O)NCC2. The standard InChI is InChI=1S/C9H12IN5O2/c1-5(16)4-12-6-7(14-10)15-3-2-11-9(15)13-8(6)17/h12,14H,2-4H2,1H3,(H,11,13,17). The summed E-state index contributed by atoms with van der Waals surface area (Å²) in [6, 6.07) is 0. The Bertz CT molecular complexity index is 513. The van der Waals surface area contributed by atoms with E-state index in [1.807, 2.05) is 27.4 Å². The van der Waals surface area contributed by atoms with Gasteiger partial charge in [-0.3, -0.25) is 14.2 Å². The van der Waals surface area contributed by atoms with Gasteiger partial charge >= 0.3 is 0 Å². The zero-order valence-corrected chi connectivity index (χ0v) is 11.4. The number of halogens is 1.